The van der Waals surface area contributed by atoms with Gasteiger partial charge in [-0.2, -0.15) is 0 Å². The molecule has 2 aromatic rings. The SMILES string of the molecule is CNC(Cc1ccccc1Br)c1occc1Br. The van der Waals surface area contributed by atoms with Crippen LogP contribution in [0.15, 0.2) is 50.0 Å². The Balaban J connectivity index is 2.22. The number of hydrogen-bond acceptors (Lipinski definition) is 2. The smallest absolute Gasteiger partial charge is 0.135 e. The summed E-state index contributed by atoms with van der Waals surface area (Å²) in [5.74, 6) is 0.934. The fraction of sp³-hybridized carbons (Fsp3) is 0.231. The Morgan fingerprint density at radius 1 is 1.18 bits per heavy atom. The lowest BCUT2D eigenvalue weighted by atomic mass is 10.0. The minimum absolute atomic E-state index is 0.165. The van der Waals surface area contributed by atoms with Crippen LogP contribution in [-0.2, 0) is 6.42 Å². The van der Waals surface area contributed by atoms with E-state index in [4.69, 9.17) is 4.42 Å². The summed E-state index contributed by atoms with van der Waals surface area (Å²) < 4.78 is 7.64. The molecule has 0 fully saturated rings. The lowest BCUT2D eigenvalue weighted by molar-refractivity contribution is 0.427. The summed E-state index contributed by atoms with van der Waals surface area (Å²) in [6, 6.07) is 10.3. The van der Waals surface area contributed by atoms with Crippen molar-refractivity contribution < 1.29 is 4.42 Å². The highest BCUT2D eigenvalue weighted by atomic mass is 79.9. The number of furan rings is 1. The molecule has 1 unspecified atom stereocenters. The number of likely N-dealkylation sites (N-methyl/N-ethyl adjacent to an activating group) is 1. The maximum atomic E-state index is 5.50. The molecule has 1 atom stereocenters. The van der Waals surface area contributed by atoms with Gasteiger partial charge in [0.15, 0.2) is 0 Å². The third-order valence-electron chi connectivity index (χ3n) is 2.69. The van der Waals surface area contributed by atoms with E-state index in [1.165, 1.54) is 5.56 Å². The second-order valence-corrected chi connectivity index (χ2v) is 5.48. The summed E-state index contributed by atoms with van der Waals surface area (Å²) in [5, 5.41) is 3.28. The van der Waals surface area contributed by atoms with Gasteiger partial charge in [-0.25, -0.2) is 0 Å². The van der Waals surface area contributed by atoms with Crippen LogP contribution in [0.4, 0.5) is 0 Å². The van der Waals surface area contributed by atoms with Crippen molar-refractivity contribution in [2.75, 3.05) is 7.05 Å². The van der Waals surface area contributed by atoms with Crippen molar-refractivity contribution in [1.29, 1.82) is 0 Å². The van der Waals surface area contributed by atoms with Crippen molar-refractivity contribution in [2.24, 2.45) is 0 Å². The molecule has 0 saturated carbocycles. The summed E-state index contributed by atoms with van der Waals surface area (Å²) in [7, 11) is 1.94. The van der Waals surface area contributed by atoms with Crippen LogP contribution in [0.1, 0.15) is 17.4 Å². The molecule has 4 heteroatoms. The van der Waals surface area contributed by atoms with Crippen LogP contribution in [0.5, 0.6) is 0 Å². The summed E-state index contributed by atoms with van der Waals surface area (Å²) in [6.07, 6.45) is 2.58. The van der Waals surface area contributed by atoms with Crippen LogP contribution >= 0.6 is 31.9 Å². The molecule has 0 aliphatic carbocycles. The number of benzene rings is 1. The first kappa shape index (κ1) is 12.9. The number of hydrogen-bond donors (Lipinski definition) is 1. The summed E-state index contributed by atoms with van der Waals surface area (Å²) in [4.78, 5) is 0. The van der Waals surface area contributed by atoms with Gasteiger partial charge in [0.1, 0.15) is 5.76 Å². The van der Waals surface area contributed by atoms with Crippen molar-refractivity contribution in [1.82, 2.24) is 5.32 Å². The molecule has 1 N–H and O–H groups in total. The molecule has 0 amide bonds. The molecule has 1 aromatic carbocycles. The Morgan fingerprint density at radius 3 is 2.53 bits per heavy atom. The summed E-state index contributed by atoms with van der Waals surface area (Å²) >= 11 is 7.06. The third-order valence-corrected chi connectivity index (χ3v) is 4.12. The zero-order chi connectivity index (χ0) is 12.3. The Hall–Kier alpha value is -0.580. The minimum atomic E-state index is 0.165. The molecule has 1 aromatic heterocycles. The molecule has 0 spiro atoms. The van der Waals surface area contributed by atoms with Gasteiger partial charge in [0, 0.05) is 4.47 Å². The van der Waals surface area contributed by atoms with Gasteiger partial charge in [-0.05, 0) is 47.1 Å². The summed E-state index contributed by atoms with van der Waals surface area (Å²) in [6.45, 7) is 0. The Morgan fingerprint density at radius 2 is 1.94 bits per heavy atom. The van der Waals surface area contributed by atoms with Crippen LogP contribution in [-0.4, -0.2) is 7.05 Å². The van der Waals surface area contributed by atoms with Gasteiger partial charge in [0.05, 0.1) is 16.8 Å². The monoisotopic (exact) mass is 357 g/mol. The maximum absolute atomic E-state index is 5.50. The van der Waals surface area contributed by atoms with Gasteiger partial charge >= 0.3 is 0 Å². The van der Waals surface area contributed by atoms with E-state index in [0.717, 1.165) is 21.1 Å². The van der Waals surface area contributed by atoms with Crippen LogP contribution in [0, 0.1) is 0 Å². The molecular formula is C13H13Br2NO. The Labute approximate surface area is 118 Å². The zero-order valence-corrected chi connectivity index (χ0v) is 12.6. The molecule has 17 heavy (non-hydrogen) atoms. The van der Waals surface area contributed by atoms with Crippen LogP contribution < -0.4 is 5.32 Å². The van der Waals surface area contributed by atoms with Gasteiger partial charge < -0.3 is 9.73 Å². The second-order valence-electron chi connectivity index (χ2n) is 3.77. The second kappa shape index (κ2) is 5.85. The largest absolute Gasteiger partial charge is 0.466 e. The molecule has 2 nitrogen and oxygen atoms in total. The standard InChI is InChI=1S/C13H13Br2NO/c1-16-12(13-11(15)6-7-17-13)8-9-4-2-3-5-10(9)14/h2-7,12,16H,8H2,1H3. The molecule has 1 heterocycles. The molecule has 0 radical (unpaired) electrons. The first-order valence-corrected chi connectivity index (χ1v) is 6.94. The normalized spacial score (nSPS) is 12.6. The van der Waals surface area contributed by atoms with E-state index in [2.05, 4.69) is 49.3 Å². The van der Waals surface area contributed by atoms with Crippen molar-refractivity contribution in [3.63, 3.8) is 0 Å². The van der Waals surface area contributed by atoms with Gasteiger partial charge in [-0.15, -0.1) is 0 Å². The quantitative estimate of drug-likeness (QED) is 0.880. The van der Waals surface area contributed by atoms with Gasteiger partial charge in [-0.1, -0.05) is 34.1 Å². The third kappa shape index (κ3) is 3.00. The van der Waals surface area contributed by atoms with E-state index in [-0.39, 0.29) is 6.04 Å². The first-order valence-electron chi connectivity index (χ1n) is 5.36. The average molecular weight is 359 g/mol. The number of nitrogens with one attached hydrogen (secondary N) is 1. The van der Waals surface area contributed by atoms with E-state index in [0.29, 0.717) is 0 Å². The van der Waals surface area contributed by atoms with Crippen LogP contribution in [0.3, 0.4) is 0 Å². The van der Waals surface area contributed by atoms with E-state index >= 15 is 0 Å². The van der Waals surface area contributed by atoms with Gasteiger partial charge in [-0.3, -0.25) is 0 Å². The fourth-order valence-corrected chi connectivity index (χ4v) is 2.69. The molecule has 0 bridgehead atoms. The van der Waals surface area contributed by atoms with Crippen LogP contribution in [0.2, 0.25) is 0 Å². The Bertz CT molecular complexity index is 496. The fourth-order valence-electron chi connectivity index (χ4n) is 1.76. The molecule has 2 rings (SSSR count). The van der Waals surface area contributed by atoms with Gasteiger partial charge in [0.25, 0.3) is 0 Å². The van der Waals surface area contributed by atoms with Crippen LogP contribution in [0.25, 0.3) is 0 Å². The average Bonchev–Trinajstić information content (AvgIpc) is 2.75. The molecule has 90 valence electrons. The maximum Gasteiger partial charge on any atom is 0.135 e. The molecule has 0 aliphatic rings. The lowest BCUT2D eigenvalue weighted by Gasteiger charge is -2.15. The van der Waals surface area contributed by atoms with E-state index in [1.807, 2.05) is 25.2 Å². The van der Waals surface area contributed by atoms with Crippen molar-refractivity contribution in [3.8, 4) is 0 Å². The zero-order valence-electron chi connectivity index (χ0n) is 9.41. The highest BCUT2D eigenvalue weighted by Gasteiger charge is 2.17. The van der Waals surface area contributed by atoms with Crippen molar-refractivity contribution in [3.05, 3.63) is 56.9 Å². The molecular weight excluding hydrogens is 346 g/mol. The van der Waals surface area contributed by atoms with Crippen molar-refractivity contribution in [2.45, 2.75) is 12.5 Å². The molecule has 0 saturated heterocycles. The topological polar surface area (TPSA) is 25.2 Å². The first-order chi connectivity index (χ1) is 8.22. The predicted molar refractivity (Wildman–Crippen MR) is 76.1 cm³/mol. The number of rotatable bonds is 4. The van der Waals surface area contributed by atoms with E-state index in [9.17, 15) is 0 Å². The predicted octanol–water partition coefficient (Wildman–Crippen LogP) is 4.31. The summed E-state index contributed by atoms with van der Waals surface area (Å²) in [5.41, 5.74) is 1.26. The lowest BCUT2D eigenvalue weighted by Crippen LogP contribution is -2.18. The Kier molecular flexibility index (Phi) is 4.42. The highest BCUT2D eigenvalue weighted by Crippen LogP contribution is 2.28. The number of halogens is 2. The molecule has 0 aliphatic heterocycles. The minimum Gasteiger partial charge on any atom is -0.466 e. The van der Waals surface area contributed by atoms with E-state index in [1.54, 1.807) is 6.26 Å². The van der Waals surface area contributed by atoms with E-state index < -0.39 is 0 Å². The highest BCUT2D eigenvalue weighted by molar-refractivity contribution is 9.10. The van der Waals surface area contributed by atoms with Gasteiger partial charge in [0.2, 0.25) is 0 Å². The van der Waals surface area contributed by atoms with Crippen molar-refractivity contribution >= 4 is 31.9 Å².